The SMILES string of the molecule is CCc1cc(CNc2nnc(N3CCC(O)CC3)c3cnc4c(cnn4CC)c23)ccc1OC. The topological polar surface area (TPSA) is 101 Å². The van der Waals surface area contributed by atoms with Crippen molar-refractivity contribution in [1.82, 2.24) is 25.0 Å². The molecule has 2 N–H and O–H groups in total. The zero-order chi connectivity index (χ0) is 23.7. The molecule has 1 aliphatic rings. The maximum atomic E-state index is 9.95. The molecule has 1 aromatic carbocycles. The van der Waals surface area contributed by atoms with E-state index < -0.39 is 0 Å². The van der Waals surface area contributed by atoms with Gasteiger partial charge in [0.2, 0.25) is 0 Å². The number of aromatic nitrogens is 5. The molecule has 4 heterocycles. The van der Waals surface area contributed by atoms with Crippen molar-refractivity contribution in [3.63, 3.8) is 0 Å². The Hall–Kier alpha value is -3.46. The van der Waals surface area contributed by atoms with E-state index in [9.17, 15) is 5.11 Å². The van der Waals surface area contributed by atoms with Crippen LogP contribution in [0.25, 0.3) is 21.8 Å². The summed E-state index contributed by atoms with van der Waals surface area (Å²) in [6.45, 7) is 7.03. The number of ether oxygens (including phenoxy) is 1. The third kappa shape index (κ3) is 4.00. The molecule has 178 valence electrons. The van der Waals surface area contributed by atoms with Crippen LogP contribution in [0, 0.1) is 0 Å². The van der Waals surface area contributed by atoms with Crippen molar-refractivity contribution in [2.75, 3.05) is 30.4 Å². The molecule has 9 heteroatoms. The molecular formula is C25H31N7O2. The van der Waals surface area contributed by atoms with Gasteiger partial charge in [-0.25, -0.2) is 9.67 Å². The Balaban J connectivity index is 1.56. The number of benzene rings is 1. The van der Waals surface area contributed by atoms with Crippen LogP contribution in [0.15, 0.2) is 30.6 Å². The first-order valence-corrected chi connectivity index (χ1v) is 12.0. The van der Waals surface area contributed by atoms with Crippen molar-refractivity contribution in [1.29, 1.82) is 0 Å². The first kappa shape index (κ1) is 22.3. The zero-order valence-corrected chi connectivity index (χ0v) is 20.0. The number of hydrogen-bond donors (Lipinski definition) is 2. The van der Waals surface area contributed by atoms with Gasteiger partial charge in [-0.1, -0.05) is 19.1 Å². The summed E-state index contributed by atoms with van der Waals surface area (Å²) < 4.78 is 7.37. The molecule has 0 radical (unpaired) electrons. The summed E-state index contributed by atoms with van der Waals surface area (Å²) in [5.41, 5.74) is 3.16. The summed E-state index contributed by atoms with van der Waals surface area (Å²) in [6.07, 6.45) is 5.86. The number of piperidine rings is 1. The van der Waals surface area contributed by atoms with E-state index >= 15 is 0 Å². The number of rotatable bonds is 7. The second kappa shape index (κ2) is 9.42. The Morgan fingerprint density at radius 1 is 1.12 bits per heavy atom. The predicted molar refractivity (Wildman–Crippen MR) is 133 cm³/mol. The van der Waals surface area contributed by atoms with Gasteiger partial charge in [0, 0.05) is 43.1 Å². The van der Waals surface area contributed by atoms with Gasteiger partial charge in [-0.3, -0.25) is 0 Å². The number of pyridine rings is 1. The fourth-order valence-corrected chi connectivity index (χ4v) is 4.72. The van der Waals surface area contributed by atoms with Gasteiger partial charge in [0.25, 0.3) is 0 Å². The monoisotopic (exact) mass is 461 g/mol. The Labute approximate surface area is 198 Å². The fourth-order valence-electron chi connectivity index (χ4n) is 4.72. The minimum atomic E-state index is -0.249. The van der Waals surface area contributed by atoms with Crippen molar-refractivity contribution < 1.29 is 9.84 Å². The maximum Gasteiger partial charge on any atom is 0.160 e. The standard InChI is InChI=1S/C25H31N7O2/c1-4-17-12-16(6-7-21(17)34-3)13-26-23-22-19(14-27-24-20(22)15-28-32(24)5-2)25(30-29-23)31-10-8-18(33)9-11-31/h6-7,12,14-15,18,33H,4-5,8-11,13H2,1-3H3,(H,26,29). The second-order valence-corrected chi connectivity index (χ2v) is 8.69. The minimum Gasteiger partial charge on any atom is -0.496 e. The van der Waals surface area contributed by atoms with Crippen molar-refractivity contribution in [3.05, 3.63) is 41.7 Å². The van der Waals surface area contributed by atoms with Gasteiger partial charge in [0.05, 0.1) is 24.8 Å². The Kier molecular flexibility index (Phi) is 6.19. The molecule has 3 aromatic heterocycles. The van der Waals surface area contributed by atoms with Crippen molar-refractivity contribution in [2.24, 2.45) is 0 Å². The number of methoxy groups -OCH3 is 1. The molecule has 0 bridgehead atoms. The van der Waals surface area contributed by atoms with Gasteiger partial charge in [-0.15, -0.1) is 10.2 Å². The van der Waals surface area contributed by atoms with E-state index in [4.69, 9.17) is 9.72 Å². The highest BCUT2D eigenvalue weighted by atomic mass is 16.5. The predicted octanol–water partition coefficient (Wildman–Crippen LogP) is 3.54. The van der Waals surface area contributed by atoms with E-state index in [2.05, 4.69) is 51.5 Å². The van der Waals surface area contributed by atoms with Gasteiger partial charge in [-0.2, -0.15) is 5.10 Å². The smallest absolute Gasteiger partial charge is 0.160 e. The highest BCUT2D eigenvalue weighted by molar-refractivity contribution is 6.13. The van der Waals surface area contributed by atoms with E-state index in [0.29, 0.717) is 12.4 Å². The summed E-state index contributed by atoms with van der Waals surface area (Å²) in [7, 11) is 1.70. The van der Waals surface area contributed by atoms with Gasteiger partial charge in [-0.05, 0) is 43.4 Å². The van der Waals surface area contributed by atoms with Crippen molar-refractivity contribution in [2.45, 2.75) is 52.3 Å². The highest BCUT2D eigenvalue weighted by Crippen LogP contribution is 2.34. The lowest BCUT2D eigenvalue weighted by Gasteiger charge is -2.31. The first-order chi connectivity index (χ1) is 16.6. The number of aliphatic hydroxyl groups excluding tert-OH is 1. The summed E-state index contributed by atoms with van der Waals surface area (Å²) in [6, 6.07) is 6.25. The van der Waals surface area contributed by atoms with E-state index in [1.54, 1.807) is 7.11 Å². The van der Waals surface area contributed by atoms with E-state index in [1.807, 2.05) is 23.1 Å². The average Bonchev–Trinajstić information content (AvgIpc) is 3.31. The number of fused-ring (bicyclic) bond motifs is 3. The maximum absolute atomic E-state index is 9.95. The number of nitrogens with one attached hydrogen (secondary N) is 1. The van der Waals surface area contributed by atoms with Crippen molar-refractivity contribution in [3.8, 4) is 5.75 Å². The van der Waals surface area contributed by atoms with Gasteiger partial charge >= 0.3 is 0 Å². The zero-order valence-electron chi connectivity index (χ0n) is 20.0. The third-order valence-corrected chi connectivity index (χ3v) is 6.64. The van der Waals surface area contributed by atoms with E-state index in [0.717, 1.165) is 77.8 Å². The van der Waals surface area contributed by atoms with Crippen LogP contribution in [0.1, 0.15) is 37.8 Å². The van der Waals surface area contributed by atoms with Crippen LogP contribution < -0.4 is 15.0 Å². The van der Waals surface area contributed by atoms with Crippen LogP contribution in [0.3, 0.4) is 0 Å². The molecule has 0 aliphatic carbocycles. The molecule has 1 fully saturated rings. The molecule has 0 spiro atoms. The first-order valence-electron chi connectivity index (χ1n) is 12.0. The van der Waals surface area contributed by atoms with E-state index in [1.165, 1.54) is 5.56 Å². The number of aryl methyl sites for hydroxylation is 2. The molecule has 34 heavy (non-hydrogen) atoms. The molecule has 0 saturated carbocycles. The van der Waals surface area contributed by atoms with Crippen LogP contribution in [0.2, 0.25) is 0 Å². The van der Waals surface area contributed by atoms with Crippen LogP contribution >= 0.6 is 0 Å². The molecule has 5 rings (SSSR count). The molecule has 1 saturated heterocycles. The van der Waals surface area contributed by atoms with Crippen molar-refractivity contribution >= 4 is 33.4 Å². The highest BCUT2D eigenvalue weighted by Gasteiger charge is 2.23. The summed E-state index contributed by atoms with van der Waals surface area (Å²) in [5.74, 6) is 2.43. The molecule has 9 nitrogen and oxygen atoms in total. The Morgan fingerprint density at radius 3 is 2.68 bits per heavy atom. The third-order valence-electron chi connectivity index (χ3n) is 6.64. The van der Waals surface area contributed by atoms with Gasteiger partial charge in [0.15, 0.2) is 17.3 Å². The molecule has 0 atom stereocenters. The van der Waals surface area contributed by atoms with Crippen LogP contribution in [-0.4, -0.2) is 56.4 Å². The molecule has 1 aliphatic heterocycles. The normalized spacial score (nSPS) is 14.8. The van der Waals surface area contributed by atoms with Gasteiger partial charge < -0.3 is 20.1 Å². The largest absolute Gasteiger partial charge is 0.496 e. The minimum absolute atomic E-state index is 0.249. The lowest BCUT2D eigenvalue weighted by Crippen LogP contribution is -2.36. The second-order valence-electron chi connectivity index (χ2n) is 8.69. The average molecular weight is 462 g/mol. The quantitative estimate of drug-likeness (QED) is 0.431. The molecule has 0 amide bonds. The summed E-state index contributed by atoms with van der Waals surface area (Å²) >= 11 is 0. The van der Waals surface area contributed by atoms with Crippen LogP contribution in [0.5, 0.6) is 5.75 Å². The summed E-state index contributed by atoms with van der Waals surface area (Å²) in [4.78, 5) is 6.92. The van der Waals surface area contributed by atoms with E-state index in [-0.39, 0.29) is 6.10 Å². The fraction of sp³-hybridized carbons (Fsp3) is 0.440. The number of hydrogen-bond acceptors (Lipinski definition) is 8. The van der Waals surface area contributed by atoms with Gasteiger partial charge in [0.1, 0.15) is 5.75 Å². The Morgan fingerprint density at radius 2 is 1.94 bits per heavy atom. The lowest BCUT2D eigenvalue weighted by molar-refractivity contribution is 0.145. The number of aliphatic hydroxyl groups is 1. The Bertz CT molecular complexity index is 1310. The number of anilines is 2. The molecular weight excluding hydrogens is 430 g/mol. The van der Waals surface area contributed by atoms with Crippen LogP contribution in [0.4, 0.5) is 11.6 Å². The lowest BCUT2D eigenvalue weighted by atomic mass is 10.1. The molecule has 4 aromatic rings. The summed E-state index contributed by atoms with van der Waals surface area (Å²) in [5, 5.41) is 30.1. The molecule has 0 unspecified atom stereocenters. The van der Waals surface area contributed by atoms with Crippen LogP contribution in [-0.2, 0) is 19.5 Å². The number of nitrogens with zero attached hydrogens (tertiary/aromatic N) is 6.